The van der Waals surface area contributed by atoms with Crippen LogP contribution in [-0.4, -0.2) is 42.9 Å². The summed E-state index contributed by atoms with van der Waals surface area (Å²) in [5.74, 6) is 0. The maximum Gasteiger partial charge on any atom is 0.0624 e. The van der Waals surface area contributed by atoms with Crippen LogP contribution in [0.1, 0.15) is 128 Å². The Morgan fingerprint density at radius 1 is 0.321 bits per heavy atom. The van der Waals surface area contributed by atoms with Crippen LogP contribution in [0.2, 0.25) is 0 Å². The fourth-order valence-electron chi connectivity index (χ4n) is 4.90. The van der Waals surface area contributed by atoms with E-state index in [4.69, 9.17) is 0 Å². The molecule has 166 valence electrons. The summed E-state index contributed by atoms with van der Waals surface area (Å²) in [6.45, 7) is 6.00. The third-order valence-electron chi connectivity index (χ3n) is 6.82. The first-order chi connectivity index (χ1) is 14.0. The van der Waals surface area contributed by atoms with Crippen LogP contribution in [0.3, 0.4) is 0 Å². The summed E-state index contributed by atoms with van der Waals surface area (Å²) in [5, 5.41) is 8.76. The molecule has 0 radical (unpaired) electrons. The quantitative estimate of drug-likeness (QED) is 0.523. The number of rotatable bonds is 1. The predicted molar refractivity (Wildman–Crippen MR) is 123 cm³/mol. The van der Waals surface area contributed by atoms with Gasteiger partial charge in [0.15, 0.2) is 0 Å². The molecule has 2 saturated heterocycles. The topological polar surface area (TPSA) is 18.5 Å². The molecule has 0 aromatic rings. The third kappa shape index (κ3) is 12.4. The summed E-state index contributed by atoms with van der Waals surface area (Å²) < 4.78 is 0. The molecule has 0 unspecified atom stereocenters. The molecule has 3 heteroatoms. The highest BCUT2D eigenvalue weighted by atomic mass is 15.7. The SMILES string of the molecule is C1CCCCCCCCCCCN(N2CCNC2)CCCCCCCCCC1. The van der Waals surface area contributed by atoms with Gasteiger partial charge in [-0.2, -0.15) is 0 Å². The first kappa shape index (κ1) is 24.2. The molecule has 2 aliphatic rings. The van der Waals surface area contributed by atoms with Crippen molar-refractivity contribution in [3.63, 3.8) is 0 Å². The van der Waals surface area contributed by atoms with E-state index in [1.807, 2.05) is 0 Å². The lowest BCUT2D eigenvalue weighted by Crippen LogP contribution is -2.43. The molecule has 2 heterocycles. The van der Waals surface area contributed by atoms with E-state index in [2.05, 4.69) is 15.3 Å². The lowest BCUT2D eigenvalue weighted by atomic mass is 10.0. The zero-order chi connectivity index (χ0) is 19.5. The molecule has 3 nitrogen and oxygen atoms in total. The minimum absolute atomic E-state index is 1.07. The van der Waals surface area contributed by atoms with E-state index in [0.717, 1.165) is 13.2 Å². The van der Waals surface area contributed by atoms with E-state index >= 15 is 0 Å². The molecule has 0 aromatic carbocycles. The summed E-state index contributed by atoms with van der Waals surface area (Å²) in [6.07, 6.45) is 29.2. The van der Waals surface area contributed by atoms with Crippen molar-refractivity contribution in [2.75, 3.05) is 32.8 Å². The molecule has 2 aliphatic heterocycles. The number of hydrogen-bond donors (Lipinski definition) is 1. The lowest BCUT2D eigenvalue weighted by molar-refractivity contribution is -0.00735. The third-order valence-corrected chi connectivity index (χ3v) is 6.82. The van der Waals surface area contributed by atoms with Gasteiger partial charge in [0.05, 0.1) is 6.67 Å². The zero-order valence-electron chi connectivity index (χ0n) is 19.1. The van der Waals surface area contributed by atoms with E-state index < -0.39 is 0 Å². The second-order valence-corrected chi connectivity index (χ2v) is 9.41. The summed E-state index contributed by atoms with van der Waals surface area (Å²) in [6, 6.07) is 0. The normalized spacial score (nSPS) is 26.1. The van der Waals surface area contributed by atoms with Crippen LogP contribution in [0.5, 0.6) is 0 Å². The Labute approximate surface area is 177 Å². The average Bonchev–Trinajstić information content (AvgIpc) is 3.24. The lowest BCUT2D eigenvalue weighted by Gasteiger charge is -2.31. The van der Waals surface area contributed by atoms with Gasteiger partial charge in [-0.05, 0) is 12.8 Å². The first-order valence-electron chi connectivity index (χ1n) is 13.2. The van der Waals surface area contributed by atoms with Crippen LogP contribution in [0.15, 0.2) is 0 Å². The van der Waals surface area contributed by atoms with Gasteiger partial charge in [-0.15, -0.1) is 0 Å². The highest BCUT2D eigenvalue weighted by Crippen LogP contribution is 2.16. The van der Waals surface area contributed by atoms with Gasteiger partial charge < -0.3 is 5.32 Å². The number of hydrazine groups is 1. The minimum atomic E-state index is 1.07. The van der Waals surface area contributed by atoms with Gasteiger partial charge in [0, 0.05) is 26.2 Å². The van der Waals surface area contributed by atoms with E-state index in [-0.39, 0.29) is 0 Å². The van der Waals surface area contributed by atoms with Crippen molar-refractivity contribution >= 4 is 0 Å². The molecule has 28 heavy (non-hydrogen) atoms. The van der Waals surface area contributed by atoms with Gasteiger partial charge in [-0.3, -0.25) is 0 Å². The number of nitrogens with one attached hydrogen (secondary N) is 1. The Bertz CT molecular complexity index is 304. The maximum atomic E-state index is 3.51. The molecule has 0 bridgehead atoms. The second-order valence-electron chi connectivity index (χ2n) is 9.41. The zero-order valence-corrected chi connectivity index (χ0v) is 19.1. The molecule has 2 rings (SSSR count). The Morgan fingerprint density at radius 2 is 0.643 bits per heavy atom. The minimum Gasteiger partial charge on any atom is -0.302 e. The van der Waals surface area contributed by atoms with Crippen LogP contribution >= 0.6 is 0 Å². The van der Waals surface area contributed by atoms with Crippen molar-refractivity contribution in [2.45, 2.75) is 128 Å². The van der Waals surface area contributed by atoms with Crippen LogP contribution in [0.25, 0.3) is 0 Å². The van der Waals surface area contributed by atoms with Crippen LogP contribution in [-0.2, 0) is 0 Å². The van der Waals surface area contributed by atoms with Crippen molar-refractivity contribution in [3.8, 4) is 0 Å². The predicted octanol–water partition coefficient (Wildman–Crippen LogP) is 6.88. The van der Waals surface area contributed by atoms with E-state index in [1.54, 1.807) is 0 Å². The van der Waals surface area contributed by atoms with Gasteiger partial charge in [-0.1, -0.05) is 116 Å². The van der Waals surface area contributed by atoms with Gasteiger partial charge in [-0.25, -0.2) is 10.0 Å². The molecule has 0 amide bonds. The number of hydrogen-bond acceptors (Lipinski definition) is 3. The van der Waals surface area contributed by atoms with E-state index in [9.17, 15) is 0 Å². The highest BCUT2D eigenvalue weighted by Gasteiger charge is 2.18. The molecule has 0 saturated carbocycles. The summed E-state index contributed by atoms with van der Waals surface area (Å²) in [4.78, 5) is 0. The highest BCUT2D eigenvalue weighted by molar-refractivity contribution is 4.66. The van der Waals surface area contributed by atoms with E-state index in [1.165, 1.54) is 148 Å². The Balaban J connectivity index is 1.63. The Kier molecular flexibility index (Phi) is 15.3. The van der Waals surface area contributed by atoms with Crippen molar-refractivity contribution in [1.82, 2.24) is 15.3 Å². The summed E-state index contributed by atoms with van der Waals surface area (Å²) in [7, 11) is 0. The van der Waals surface area contributed by atoms with Crippen molar-refractivity contribution in [2.24, 2.45) is 0 Å². The van der Waals surface area contributed by atoms with Crippen molar-refractivity contribution in [3.05, 3.63) is 0 Å². The maximum absolute atomic E-state index is 3.51. The van der Waals surface area contributed by atoms with Crippen molar-refractivity contribution < 1.29 is 0 Å². The van der Waals surface area contributed by atoms with Gasteiger partial charge >= 0.3 is 0 Å². The molecule has 2 fully saturated rings. The molecular weight excluding hydrogens is 342 g/mol. The average molecular weight is 394 g/mol. The van der Waals surface area contributed by atoms with Gasteiger partial charge in [0.1, 0.15) is 0 Å². The summed E-state index contributed by atoms with van der Waals surface area (Å²) in [5.41, 5.74) is 0. The Hall–Kier alpha value is -0.120. The fraction of sp³-hybridized carbons (Fsp3) is 1.00. The molecule has 1 N–H and O–H groups in total. The molecule has 0 aromatic heterocycles. The smallest absolute Gasteiger partial charge is 0.0624 e. The van der Waals surface area contributed by atoms with Crippen LogP contribution < -0.4 is 5.32 Å². The molecule has 0 atom stereocenters. The molecule has 0 aliphatic carbocycles. The molecular formula is C25H51N3. The monoisotopic (exact) mass is 393 g/mol. The largest absolute Gasteiger partial charge is 0.302 e. The number of nitrogens with zero attached hydrogens (tertiary/aromatic N) is 2. The standard InChI is InChI=1S/C25H51N3/c1-2-4-6-8-10-12-14-16-18-20-23-27(28-24-21-26-25-28)22-19-17-15-13-11-9-7-5-3-1/h26H,1-25H2. The second kappa shape index (κ2) is 17.7. The van der Waals surface area contributed by atoms with Gasteiger partial charge in [0.25, 0.3) is 0 Å². The van der Waals surface area contributed by atoms with Gasteiger partial charge in [0.2, 0.25) is 0 Å². The van der Waals surface area contributed by atoms with Crippen molar-refractivity contribution in [1.29, 1.82) is 0 Å². The summed E-state index contributed by atoms with van der Waals surface area (Å²) >= 11 is 0. The Morgan fingerprint density at radius 3 is 0.929 bits per heavy atom. The van der Waals surface area contributed by atoms with Crippen LogP contribution in [0, 0.1) is 0 Å². The molecule has 0 spiro atoms. The fourth-order valence-corrected chi connectivity index (χ4v) is 4.90. The van der Waals surface area contributed by atoms with E-state index in [0.29, 0.717) is 0 Å². The van der Waals surface area contributed by atoms with Crippen LogP contribution in [0.4, 0.5) is 0 Å². The first-order valence-corrected chi connectivity index (χ1v) is 13.2.